The van der Waals surface area contributed by atoms with Gasteiger partial charge in [0, 0.05) is 5.02 Å². The molecular formula is C14H14ClN5S. The normalized spacial score (nSPS) is 12.3. The zero-order chi connectivity index (χ0) is 14.8. The Morgan fingerprint density at radius 2 is 2.05 bits per heavy atom. The average Bonchev–Trinajstić information content (AvgIpc) is 2.96. The molecule has 0 amide bonds. The number of anilines is 2. The Morgan fingerprint density at radius 3 is 2.81 bits per heavy atom. The molecule has 2 heterocycles. The van der Waals surface area contributed by atoms with Crippen molar-refractivity contribution in [3.63, 3.8) is 0 Å². The van der Waals surface area contributed by atoms with Crippen molar-refractivity contribution in [3.05, 3.63) is 46.3 Å². The first kappa shape index (κ1) is 14.1. The van der Waals surface area contributed by atoms with Crippen LogP contribution in [0, 0.1) is 0 Å². The monoisotopic (exact) mass is 319 g/mol. The van der Waals surface area contributed by atoms with E-state index in [0.29, 0.717) is 5.95 Å². The molecular weight excluding hydrogens is 306 g/mol. The van der Waals surface area contributed by atoms with Gasteiger partial charge >= 0.3 is 0 Å². The van der Waals surface area contributed by atoms with E-state index < -0.39 is 0 Å². The summed E-state index contributed by atoms with van der Waals surface area (Å²) in [7, 11) is 0. The summed E-state index contributed by atoms with van der Waals surface area (Å²) in [5.41, 5.74) is 3.51. The van der Waals surface area contributed by atoms with Crippen LogP contribution in [0.4, 0.5) is 11.8 Å². The number of hydrogen-bond donors (Lipinski definition) is 3. The van der Waals surface area contributed by atoms with Gasteiger partial charge in [-0.2, -0.15) is 4.98 Å². The molecule has 1 unspecified atom stereocenters. The van der Waals surface area contributed by atoms with Crippen LogP contribution in [0.2, 0.25) is 5.02 Å². The Hall–Kier alpha value is -1.89. The number of hydrazine groups is 1. The SMILES string of the molecule is CC(Nc1nc(NN)nc2sccc12)c1ccccc1Cl. The van der Waals surface area contributed by atoms with E-state index >= 15 is 0 Å². The summed E-state index contributed by atoms with van der Waals surface area (Å²) in [6.45, 7) is 2.04. The number of nitrogens with one attached hydrogen (secondary N) is 2. The number of rotatable bonds is 4. The number of aromatic nitrogens is 2. The molecule has 108 valence electrons. The third-order valence-corrected chi connectivity index (χ3v) is 4.33. The second-order valence-corrected chi connectivity index (χ2v) is 5.87. The number of hydrogen-bond acceptors (Lipinski definition) is 6. The Labute approximate surface area is 131 Å². The van der Waals surface area contributed by atoms with E-state index in [4.69, 9.17) is 17.4 Å². The highest BCUT2D eigenvalue weighted by atomic mass is 35.5. The van der Waals surface area contributed by atoms with E-state index in [2.05, 4.69) is 20.7 Å². The molecule has 7 heteroatoms. The van der Waals surface area contributed by atoms with Gasteiger partial charge in [-0.1, -0.05) is 29.8 Å². The van der Waals surface area contributed by atoms with Crippen LogP contribution in [0.1, 0.15) is 18.5 Å². The first-order valence-corrected chi connectivity index (χ1v) is 7.67. The number of thiophene rings is 1. The second kappa shape index (κ2) is 5.85. The number of benzene rings is 1. The molecule has 0 aliphatic rings. The smallest absolute Gasteiger partial charge is 0.240 e. The average molecular weight is 320 g/mol. The van der Waals surface area contributed by atoms with Gasteiger partial charge in [-0.25, -0.2) is 10.8 Å². The van der Waals surface area contributed by atoms with Crippen LogP contribution in [-0.2, 0) is 0 Å². The van der Waals surface area contributed by atoms with E-state index in [1.54, 1.807) is 11.3 Å². The zero-order valence-electron chi connectivity index (χ0n) is 11.3. The lowest BCUT2D eigenvalue weighted by atomic mass is 10.1. The molecule has 4 N–H and O–H groups in total. The van der Waals surface area contributed by atoms with Crippen molar-refractivity contribution in [2.45, 2.75) is 13.0 Å². The van der Waals surface area contributed by atoms with Gasteiger partial charge in [-0.3, -0.25) is 5.43 Å². The molecule has 0 fully saturated rings. The molecule has 5 nitrogen and oxygen atoms in total. The van der Waals surface area contributed by atoms with Gasteiger partial charge in [-0.15, -0.1) is 11.3 Å². The summed E-state index contributed by atoms with van der Waals surface area (Å²) in [4.78, 5) is 9.59. The predicted octanol–water partition coefficient (Wildman–Crippen LogP) is 3.80. The van der Waals surface area contributed by atoms with E-state index in [1.807, 2.05) is 42.6 Å². The Bertz CT molecular complexity index is 773. The summed E-state index contributed by atoms with van der Waals surface area (Å²) in [5, 5.41) is 7.05. The Morgan fingerprint density at radius 1 is 1.24 bits per heavy atom. The molecule has 0 saturated heterocycles. The predicted molar refractivity (Wildman–Crippen MR) is 88.7 cm³/mol. The maximum atomic E-state index is 6.24. The van der Waals surface area contributed by atoms with Gasteiger partial charge in [0.1, 0.15) is 10.6 Å². The number of nitrogens with zero attached hydrogens (tertiary/aromatic N) is 2. The fourth-order valence-corrected chi connectivity index (χ4v) is 3.20. The highest BCUT2D eigenvalue weighted by Crippen LogP contribution is 2.30. The van der Waals surface area contributed by atoms with Crippen LogP contribution in [0.15, 0.2) is 35.7 Å². The van der Waals surface area contributed by atoms with E-state index in [-0.39, 0.29) is 6.04 Å². The standard InChI is InChI=1S/C14H14ClN5S/c1-8(9-4-2-3-5-11(9)15)17-12-10-6-7-21-13(10)19-14(18-12)20-16/h2-8H,16H2,1H3,(H2,17,18,19,20). The fourth-order valence-electron chi connectivity index (χ4n) is 2.14. The van der Waals surface area contributed by atoms with E-state index in [0.717, 1.165) is 26.6 Å². The summed E-state index contributed by atoms with van der Waals surface area (Å²) < 4.78 is 0. The van der Waals surface area contributed by atoms with Gasteiger partial charge < -0.3 is 5.32 Å². The van der Waals surface area contributed by atoms with Crippen molar-refractivity contribution < 1.29 is 0 Å². The lowest BCUT2D eigenvalue weighted by Crippen LogP contribution is -2.13. The lowest BCUT2D eigenvalue weighted by Gasteiger charge is -2.17. The molecule has 0 aliphatic heterocycles. The summed E-state index contributed by atoms with van der Waals surface area (Å²) in [5.74, 6) is 6.55. The van der Waals surface area contributed by atoms with Gasteiger partial charge in [-0.05, 0) is 30.0 Å². The lowest BCUT2D eigenvalue weighted by molar-refractivity contribution is 0.876. The number of nitrogen functional groups attached to an aromatic ring is 1. The van der Waals surface area contributed by atoms with Crippen LogP contribution in [0.3, 0.4) is 0 Å². The second-order valence-electron chi connectivity index (χ2n) is 4.57. The van der Waals surface area contributed by atoms with Crippen molar-refractivity contribution in [2.75, 3.05) is 10.7 Å². The van der Waals surface area contributed by atoms with Crippen LogP contribution < -0.4 is 16.6 Å². The van der Waals surface area contributed by atoms with Crippen LogP contribution in [0.25, 0.3) is 10.2 Å². The van der Waals surface area contributed by atoms with Gasteiger partial charge in [0.2, 0.25) is 5.95 Å². The largest absolute Gasteiger partial charge is 0.363 e. The van der Waals surface area contributed by atoms with Crippen molar-refractivity contribution in [1.29, 1.82) is 0 Å². The number of nitrogens with two attached hydrogens (primary N) is 1. The minimum absolute atomic E-state index is 0.0160. The van der Waals surface area contributed by atoms with Gasteiger partial charge in [0.05, 0.1) is 11.4 Å². The third-order valence-electron chi connectivity index (χ3n) is 3.18. The third kappa shape index (κ3) is 2.78. The zero-order valence-corrected chi connectivity index (χ0v) is 12.9. The molecule has 3 rings (SSSR count). The quantitative estimate of drug-likeness (QED) is 0.503. The number of halogens is 1. The van der Waals surface area contributed by atoms with E-state index in [9.17, 15) is 0 Å². The van der Waals surface area contributed by atoms with Crippen molar-refractivity contribution in [1.82, 2.24) is 9.97 Å². The molecule has 3 aromatic rings. The molecule has 2 aromatic heterocycles. The van der Waals surface area contributed by atoms with Gasteiger partial charge in [0.25, 0.3) is 0 Å². The summed E-state index contributed by atoms with van der Waals surface area (Å²) in [6.07, 6.45) is 0. The molecule has 0 aliphatic carbocycles. The first-order chi connectivity index (χ1) is 10.2. The molecule has 1 atom stereocenters. The molecule has 0 bridgehead atoms. The molecule has 0 radical (unpaired) electrons. The van der Waals surface area contributed by atoms with Crippen LogP contribution in [0.5, 0.6) is 0 Å². The molecule has 1 aromatic carbocycles. The molecule has 0 saturated carbocycles. The van der Waals surface area contributed by atoms with Crippen molar-refractivity contribution in [2.24, 2.45) is 5.84 Å². The first-order valence-electron chi connectivity index (χ1n) is 6.42. The van der Waals surface area contributed by atoms with Crippen LogP contribution >= 0.6 is 22.9 Å². The molecule has 21 heavy (non-hydrogen) atoms. The minimum atomic E-state index is 0.0160. The fraction of sp³-hybridized carbons (Fsp3) is 0.143. The summed E-state index contributed by atoms with van der Waals surface area (Å²) >= 11 is 7.78. The Balaban J connectivity index is 1.97. The van der Waals surface area contributed by atoms with Gasteiger partial charge in [0.15, 0.2) is 0 Å². The number of fused-ring (bicyclic) bond motifs is 1. The van der Waals surface area contributed by atoms with E-state index in [1.165, 1.54) is 0 Å². The minimum Gasteiger partial charge on any atom is -0.363 e. The van der Waals surface area contributed by atoms with Crippen LogP contribution in [-0.4, -0.2) is 9.97 Å². The topological polar surface area (TPSA) is 75.9 Å². The molecule has 0 spiro atoms. The highest BCUT2D eigenvalue weighted by Gasteiger charge is 2.13. The van der Waals surface area contributed by atoms with Crippen molar-refractivity contribution in [3.8, 4) is 0 Å². The Kier molecular flexibility index (Phi) is 3.92. The maximum absolute atomic E-state index is 6.24. The van der Waals surface area contributed by atoms with Crippen molar-refractivity contribution >= 4 is 44.9 Å². The summed E-state index contributed by atoms with van der Waals surface area (Å²) in [6, 6.07) is 9.75. The highest BCUT2D eigenvalue weighted by molar-refractivity contribution is 7.16. The maximum Gasteiger partial charge on any atom is 0.240 e.